The molecule has 2 aromatic carbocycles. The number of methoxy groups -OCH3 is 1. The van der Waals surface area contributed by atoms with E-state index in [0.717, 1.165) is 37.4 Å². The van der Waals surface area contributed by atoms with Gasteiger partial charge in [-0.25, -0.2) is 0 Å². The lowest BCUT2D eigenvalue weighted by Gasteiger charge is -2.26. The summed E-state index contributed by atoms with van der Waals surface area (Å²) in [6.07, 6.45) is 3.32. The van der Waals surface area contributed by atoms with Crippen LogP contribution in [-0.4, -0.2) is 43.5 Å². The van der Waals surface area contributed by atoms with E-state index < -0.39 is 0 Å². The number of carbonyl (C=O) groups excluding carboxylic acids is 2. The number of rotatable bonds is 6. The third kappa shape index (κ3) is 5.23. The van der Waals surface area contributed by atoms with Crippen molar-refractivity contribution in [3.05, 3.63) is 54.1 Å². The molecule has 1 aliphatic rings. The van der Waals surface area contributed by atoms with Crippen LogP contribution in [0.4, 0.5) is 11.4 Å². The van der Waals surface area contributed by atoms with Gasteiger partial charge < -0.3 is 20.3 Å². The number of hydrogen-bond acceptors (Lipinski definition) is 4. The highest BCUT2D eigenvalue weighted by atomic mass is 16.5. The fourth-order valence-electron chi connectivity index (χ4n) is 3.10. The lowest BCUT2D eigenvalue weighted by Crippen LogP contribution is -2.35. The Morgan fingerprint density at radius 3 is 2.44 bits per heavy atom. The molecule has 0 radical (unpaired) electrons. The molecular formula is C21H25N3O3. The third-order valence-electron chi connectivity index (χ3n) is 4.58. The Balaban J connectivity index is 1.54. The Morgan fingerprint density at radius 1 is 1.00 bits per heavy atom. The first kappa shape index (κ1) is 18.8. The molecule has 0 atom stereocenters. The number of carbonyl (C=O) groups is 2. The Hall–Kier alpha value is -3.02. The molecule has 6 heteroatoms. The van der Waals surface area contributed by atoms with Crippen LogP contribution < -0.4 is 15.4 Å². The van der Waals surface area contributed by atoms with E-state index in [0.29, 0.717) is 11.3 Å². The summed E-state index contributed by atoms with van der Waals surface area (Å²) < 4.78 is 5.10. The molecule has 142 valence electrons. The standard InChI is InChI=1S/C21H25N3O3/c1-27-19-10-8-17(9-11-19)23-20(25)15-22-18-7-5-6-16(14-18)21(26)24-12-3-2-4-13-24/h5-11,14,22H,2-4,12-13,15H2,1H3,(H,23,25). The molecule has 1 aliphatic heterocycles. The smallest absolute Gasteiger partial charge is 0.253 e. The van der Waals surface area contributed by atoms with Gasteiger partial charge in [-0.3, -0.25) is 9.59 Å². The number of hydrogen-bond donors (Lipinski definition) is 2. The summed E-state index contributed by atoms with van der Waals surface area (Å²) in [5.41, 5.74) is 2.11. The number of nitrogens with one attached hydrogen (secondary N) is 2. The Bertz CT molecular complexity index is 784. The SMILES string of the molecule is COc1ccc(NC(=O)CNc2cccc(C(=O)N3CCCCC3)c2)cc1. The highest BCUT2D eigenvalue weighted by Gasteiger charge is 2.18. The molecule has 2 aromatic rings. The van der Waals surface area contributed by atoms with Crippen molar-refractivity contribution in [3.63, 3.8) is 0 Å². The van der Waals surface area contributed by atoms with Crippen molar-refractivity contribution in [1.29, 1.82) is 0 Å². The second kappa shape index (κ2) is 9.07. The van der Waals surface area contributed by atoms with E-state index in [2.05, 4.69) is 10.6 Å². The van der Waals surface area contributed by atoms with Crippen molar-refractivity contribution in [2.45, 2.75) is 19.3 Å². The maximum Gasteiger partial charge on any atom is 0.253 e. The fraction of sp³-hybridized carbons (Fsp3) is 0.333. The second-order valence-corrected chi connectivity index (χ2v) is 6.56. The Kier molecular flexibility index (Phi) is 6.30. The zero-order chi connectivity index (χ0) is 19.1. The van der Waals surface area contributed by atoms with E-state index in [4.69, 9.17) is 4.74 Å². The van der Waals surface area contributed by atoms with Gasteiger partial charge in [0, 0.05) is 30.0 Å². The summed E-state index contributed by atoms with van der Waals surface area (Å²) in [6.45, 7) is 1.76. The molecule has 1 heterocycles. The first-order valence-electron chi connectivity index (χ1n) is 9.23. The Morgan fingerprint density at radius 2 is 1.74 bits per heavy atom. The lowest BCUT2D eigenvalue weighted by molar-refractivity contribution is -0.114. The van der Waals surface area contributed by atoms with Crippen LogP contribution in [0.3, 0.4) is 0 Å². The van der Waals surface area contributed by atoms with Crippen LogP contribution in [-0.2, 0) is 4.79 Å². The summed E-state index contributed by atoms with van der Waals surface area (Å²) in [6, 6.07) is 14.5. The molecule has 2 amide bonds. The molecule has 2 N–H and O–H groups in total. The van der Waals surface area contributed by atoms with E-state index >= 15 is 0 Å². The summed E-state index contributed by atoms with van der Waals surface area (Å²) in [5, 5.41) is 5.90. The molecule has 3 rings (SSSR count). The number of amides is 2. The summed E-state index contributed by atoms with van der Waals surface area (Å²) in [4.78, 5) is 26.6. The van der Waals surface area contributed by atoms with Crippen LogP contribution in [0.2, 0.25) is 0 Å². The number of benzene rings is 2. The number of anilines is 2. The molecular weight excluding hydrogens is 342 g/mol. The van der Waals surface area contributed by atoms with Crippen LogP contribution in [0.5, 0.6) is 5.75 Å². The number of likely N-dealkylation sites (tertiary alicyclic amines) is 1. The highest BCUT2D eigenvalue weighted by Crippen LogP contribution is 2.17. The number of ether oxygens (including phenoxy) is 1. The summed E-state index contributed by atoms with van der Waals surface area (Å²) >= 11 is 0. The second-order valence-electron chi connectivity index (χ2n) is 6.56. The average Bonchev–Trinajstić information content (AvgIpc) is 2.73. The monoisotopic (exact) mass is 367 g/mol. The van der Waals surface area contributed by atoms with Crippen molar-refractivity contribution in [1.82, 2.24) is 4.90 Å². The zero-order valence-corrected chi connectivity index (χ0v) is 15.5. The van der Waals surface area contributed by atoms with E-state index in [1.54, 1.807) is 37.4 Å². The van der Waals surface area contributed by atoms with Gasteiger partial charge in [-0.15, -0.1) is 0 Å². The molecule has 0 aliphatic carbocycles. The summed E-state index contributed by atoms with van der Waals surface area (Å²) in [7, 11) is 1.60. The van der Waals surface area contributed by atoms with Crippen molar-refractivity contribution in [2.24, 2.45) is 0 Å². The molecule has 0 unspecified atom stereocenters. The predicted molar refractivity (Wildman–Crippen MR) is 106 cm³/mol. The normalized spacial score (nSPS) is 13.7. The highest BCUT2D eigenvalue weighted by molar-refractivity contribution is 5.96. The maximum atomic E-state index is 12.6. The minimum Gasteiger partial charge on any atom is -0.497 e. The van der Waals surface area contributed by atoms with Crippen LogP contribution in [0.15, 0.2) is 48.5 Å². The van der Waals surface area contributed by atoms with Gasteiger partial charge in [0.2, 0.25) is 5.91 Å². The molecule has 27 heavy (non-hydrogen) atoms. The third-order valence-corrected chi connectivity index (χ3v) is 4.58. The molecule has 0 aromatic heterocycles. The first-order valence-corrected chi connectivity index (χ1v) is 9.23. The van der Waals surface area contributed by atoms with Crippen LogP contribution in [0, 0.1) is 0 Å². The van der Waals surface area contributed by atoms with Gasteiger partial charge in [0.25, 0.3) is 5.91 Å². The van der Waals surface area contributed by atoms with E-state index in [9.17, 15) is 9.59 Å². The number of piperidine rings is 1. The minimum absolute atomic E-state index is 0.0565. The molecule has 0 saturated carbocycles. The van der Waals surface area contributed by atoms with Gasteiger partial charge in [-0.05, 0) is 61.7 Å². The molecule has 0 spiro atoms. The lowest BCUT2D eigenvalue weighted by atomic mass is 10.1. The van der Waals surface area contributed by atoms with Gasteiger partial charge in [-0.2, -0.15) is 0 Å². The fourth-order valence-corrected chi connectivity index (χ4v) is 3.10. The number of nitrogens with zero attached hydrogens (tertiary/aromatic N) is 1. The van der Waals surface area contributed by atoms with Crippen LogP contribution >= 0.6 is 0 Å². The van der Waals surface area contributed by atoms with Crippen molar-refractivity contribution in [3.8, 4) is 5.75 Å². The van der Waals surface area contributed by atoms with E-state index in [-0.39, 0.29) is 18.4 Å². The van der Waals surface area contributed by atoms with Gasteiger partial charge in [0.1, 0.15) is 5.75 Å². The van der Waals surface area contributed by atoms with Gasteiger partial charge in [-0.1, -0.05) is 6.07 Å². The molecule has 0 bridgehead atoms. The van der Waals surface area contributed by atoms with Gasteiger partial charge in [0.15, 0.2) is 0 Å². The topological polar surface area (TPSA) is 70.7 Å². The van der Waals surface area contributed by atoms with Crippen LogP contribution in [0.25, 0.3) is 0 Å². The average molecular weight is 367 g/mol. The van der Waals surface area contributed by atoms with Gasteiger partial charge >= 0.3 is 0 Å². The van der Waals surface area contributed by atoms with Crippen molar-refractivity contribution < 1.29 is 14.3 Å². The quantitative estimate of drug-likeness (QED) is 0.821. The molecule has 6 nitrogen and oxygen atoms in total. The van der Waals surface area contributed by atoms with Gasteiger partial charge in [0.05, 0.1) is 13.7 Å². The Labute approximate surface area is 159 Å². The predicted octanol–water partition coefficient (Wildman–Crippen LogP) is 3.37. The van der Waals surface area contributed by atoms with Crippen molar-refractivity contribution in [2.75, 3.05) is 37.4 Å². The van der Waals surface area contributed by atoms with E-state index in [1.807, 2.05) is 23.1 Å². The molecule has 1 saturated heterocycles. The maximum absolute atomic E-state index is 12.6. The minimum atomic E-state index is -0.159. The van der Waals surface area contributed by atoms with Crippen LogP contribution in [0.1, 0.15) is 29.6 Å². The molecule has 1 fully saturated rings. The van der Waals surface area contributed by atoms with Crippen molar-refractivity contribution >= 4 is 23.2 Å². The van der Waals surface area contributed by atoms with E-state index in [1.165, 1.54) is 6.42 Å². The first-order chi connectivity index (χ1) is 13.2. The summed E-state index contributed by atoms with van der Waals surface area (Å²) in [5.74, 6) is 0.635. The largest absolute Gasteiger partial charge is 0.497 e. The zero-order valence-electron chi connectivity index (χ0n) is 15.5.